The first kappa shape index (κ1) is 17.1. The van der Waals surface area contributed by atoms with E-state index in [9.17, 15) is 9.59 Å². The number of pyridine rings is 1. The lowest BCUT2D eigenvalue weighted by atomic mass is 10.3. The maximum absolute atomic E-state index is 12.6. The molecule has 0 aliphatic heterocycles. The van der Waals surface area contributed by atoms with E-state index < -0.39 is 0 Å². The number of aromatic nitrogens is 4. The van der Waals surface area contributed by atoms with Crippen molar-refractivity contribution >= 4 is 28.9 Å². The van der Waals surface area contributed by atoms with Gasteiger partial charge in [0.1, 0.15) is 22.9 Å². The molecule has 1 fully saturated rings. The minimum Gasteiger partial charge on any atom is -0.373 e. The second kappa shape index (κ2) is 6.42. The van der Waals surface area contributed by atoms with Crippen LogP contribution in [0.25, 0.3) is 5.65 Å². The summed E-state index contributed by atoms with van der Waals surface area (Å²) in [4.78, 5) is 29.4. The summed E-state index contributed by atoms with van der Waals surface area (Å²) in [5.41, 5.74) is 1.05. The Morgan fingerprint density at radius 3 is 2.85 bits per heavy atom. The van der Waals surface area contributed by atoms with Crippen molar-refractivity contribution < 1.29 is 4.79 Å². The molecule has 140 valence electrons. The van der Waals surface area contributed by atoms with Crippen molar-refractivity contribution in [2.45, 2.75) is 19.4 Å². The van der Waals surface area contributed by atoms with Gasteiger partial charge in [-0.25, -0.2) is 4.98 Å². The van der Waals surface area contributed by atoms with Gasteiger partial charge in [-0.15, -0.1) is 0 Å². The molecule has 0 saturated heterocycles. The number of rotatable bonds is 5. The zero-order valence-electron chi connectivity index (χ0n) is 15.4. The van der Waals surface area contributed by atoms with Gasteiger partial charge in [-0.3, -0.25) is 9.59 Å². The molecule has 3 heterocycles. The van der Waals surface area contributed by atoms with Crippen LogP contribution in [0.2, 0.25) is 0 Å². The Morgan fingerprint density at radius 1 is 1.37 bits per heavy atom. The van der Waals surface area contributed by atoms with Gasteiger partial charge in [-0.05, 0) is 24.5 Å². The summed E-state index contributed by atoms with van der Waals surface area (Å²) in [5.74, 6) is 1.41. The molecule has 3 aromatic heterocycles. The fourth-order valence-corrected chi connectivity index (χ4v) is 2.96. The first-order valence-corrected chi connectivity index (χ1v) is 8.78. The lowest BCUT2D eigenvalue weighted by Crippen LogP contribution is -2.26. The van der Waals surface area contributed by atoms with E-state index in [1.54, 1.807) is 43.0 Å². The molecule has 3 aromatic rings. The molecule has 9 heteroatoms. The Morgan fingerprint density at radius 2 is 2.15 bits per heavy atom. The fourth-order valence-electron chi connectivity index (χ4n) is 2.96. The third kappa shape index (κ3) is 3.12. The summed E-state index contributed by atoms with van der Waals surface area (Å²) in [6, 6.07) is 5.41. The number of nitrogens with one attached hydrogen (secondary N) is 3. The highest BCUT2D eigenvalue weighted by Crippen LogP contribution is 2.29. The molecule has 27 heavy (non-hydrogen) atoms. The molecule has 4 rings (SSSR count). The van der Waals surface area contributed by atoms with Crippen molar-refractivity contribution in [1.29, 1.82) is 0 Å². The van der Waals surface area contributed by atoms with Crippen LogP contribution in [0.5, 0.6) is 0 Å². The van der Waals surface area contributed by atoms with Crippen LogP contribution >= 0.6 is 0 Å². The molecule has 1 aliphatic rings. The van der Waals surface area contributed by atoms with Crippen molar-refractivity contribution in [2.24, 2.45) is 13.0 Å². The smallest absolute Gasteiger partial charge is 0.274 e. The molecule has 1 saturated carbocycles. The highest BCUT2D eigenvalue weighted by Gasteiger charge is 2.34. The Balaban J connectivity index is 1.73. The normalized spacial score (nSPS) is 18.3. The highest BCUT2D eigenvalue weighted by atomic mass is 16.2. The van der Waals surface area contributed by atoms with Crippen LogP contribution in [0.4, 0.5) is 17.3 Å². The molecule has 0 unspecified atom stereocenters. The fraction of sp³-hybridized carbons (Fsp3) is 0.333. The van der Waals surface area contributed by atoms with Gasteiger partial charge in [0.15, 0.2) is 5.65 Å². The average molecular weight is 367 g/mol. The summed E-state index contributed by atoms with van der Waals surface area (Å²) in [6.07, 6.45) is 4.18. The summed E-state index contributed by atoms with van der Waals surface area (Å²) in [6.45, 7) is 2.10. The summed E-state index contributed by atoms with van der Waals surface area (Å²) >= 11 is 0. The van der Waals surface area contributed by atoms with Gasteiger partial charge in [-0.1, -0.05) is 6.92 Å². The van der Waals surface area contributed by atoms with E-state index in [1.165, 1.54) is 10.8 Å². The number of nitrogens with zero attached hydrogens (tertiary/aromatic N) is 4. The molecule has 0 spiro atoms. The van der Waals surface area contributed by atoms with Crippen LogP contribution in [0, 0.1) is 5.92 Å². The van der Waals surface area contributed by atoms with Gasteiger partial charge in [0.2, 0.25) is 0 Å². The molecule has 1 aliphatic carbocycles. The van der Waals surface area contributed by atoms with Crippen molar-refractivity contribution in [3.8, 4) is 0 Å². The van der Waals surface area contributed by atoms with Crippen molar-refractivity contribution in [3.63, 3.8) is 0 Å². The molecular weight excluding hydrogens is 346 g/mol. The second-order valence-electron chi connectivity index (χ2n) is 6.83. The van der Waals surface area contributed by atoms with Crippen LogP contribution in [-0.2, 0) is 7.05 Å². The Labute approximate surface area is 155 Å². The first-order valence-electron chi connectivity index (χ1n) is 8.78. The lowest BCUT2D eigenvalue weighted by Gasteiger charge is -2.10. The van der Waals surface area contributed by atoms with Crippen LogP contribution in [0.3, 0.4) is 0 Å². The number of hydrogen-bond donors (Lipinski definition) is 3. The summed E-state index contributed by atoms with van der Waals surface area (Å²) < 4.78 is 3.05. The van der Waals surface area contributed by atoms with E-state index in [0.717, 1.165) is 6.42 Å². The molecule has 0 bridgehead atoms. The second-order valence-corrected chi connectivity index (χ2v) is 6.83. The molecule has 2 atom stereocenters. The number of fused-ring (bicyclic) bond motifs is 1. The molecule has 0 aromatic carbocycles. The largest absolute Gasteiger partial charge is 0.373 e. The number of amides is 1. The molecular formula is C18H21N7O2. The molecule has 1 amide bonds. The standard InChI is InChI=1S/C18H21N7O2/c1-10-7-13(10)22-17(26)11-9-20-25-15(19-2)8-14(23-16(11)25)21-12-5-4-6-24(3)18(12)27/h4-6,8-10,13,19H,7H2,1-3H3,(H,21,23)(H,22,26)/t10-,13+/m1/s1. The zero-order chi connectivity index (χ0) is 19.1. The number of aryl methyl sites for hydroxylation is 1. The number of carbonyl (C=O) groups is 1. The Kier molecular flexibility index (Phi) is 4.06. The van der Waals surface area contributed by atoms with Crippen LogP contribution in [-0.4, -0.2) is 38.2 Å². The lowest BCUT2D eigenvalue weighted by molar-refractivity contribution is 0.0951. The monoisotopic (exact) mass is 367 g/mol. The number of carbonyl (C=O) groups excluding carboxylic acids is 1. The van der Waals surface area contributed by atoms with Crippen molar-refractivity contribution in [1.82, 2.24) is 24.5 Å². The maximum Gasteiger partial charge on any atom is 0.274 e. The predicted octanol–water partition coefficient (Wildman–Crippen LogP) is 1.35. The van der Waals surface area contributed by atoms with Crippen LogP contribution in [0.1, 0.15) is 23.7 Å². The van der Waals surface area contributed by atoms with Gasteiger partial charge in [0.25, 0.3) is 11.5 Å². The number of hydrogen-bond acceptors (Lipinski definition) is 6. The van der Waals surface area contributed by atoms with Gasteiger partial charge < -0.3 is 20.5 Å². The molecule has 3 N–H and O–H groups in total. The van der Waals surface area contributed by atoms with Crippen LogP contribution in [0.15, 0.2) is 35.4 Å². The maximum atomic E-state index is 12.6. The van der Waals surface area contributed by atoms with Crippen molar-refractivity contribution in [2.75, 3.05) is 17.7 Å². The Bertz CT molecular complexity index is 1080. The minimum atomic E-state index is -0.193. The Hall–Kier alpha value is -3.36. The van der Waals surface area contributed by atoms with Crippen molar-refractivity contribution in [3.05, 3.63) is 46.5 Å². The molecule has 9 nitrogen and oxygen atoms in total. The quantitative estimate of drug-likeness (QED) is 0.629. The third-order valence-electron chi connectivity index (χ3n) is 4.78. The zero-order valence-corrected chi connectivity index (χ0v) is 15.4. The number of anilines is 3. The average Bonchev–Trinajstić information content (AvgIpc) is 3.16. The predicted molar refractivity (Wildman–Crippen MR) is 103 cm³/mol. The topological polar surface area (TPSA) is 105 Å². The van der Waals surface area contributed by atoms with Gasteiger partial charge in [0, 0.05) is 32.4 Å². The first-order chi connectivity index (χ1) is 13.0. The highest BCUT2D eigenvalue weighted by molar-refractivity contribution is 6.00. The van der Waals surface area contributed by atoms with E-state index in [1.807, 2.05) is 0 Å². The summed E-state index contributed by atoms with van der Waals surface area (Å²) in [7, 11) is 3.44. The van der Waals surface area contributed by atoms with E-state index in [0.29, 0.717) is 34.5 Å². The molecule has 0 radical (unpaired) electrons. The van der Waals surface area contributed by atoms with E-state index in [2.05, 4.69) is 33.0 Å². The SMILES string of the molecule is CNc1cc(Nc2cccn(C)c2=O)nc2c(C(=O)N[C@H]3C[C@H]3C)cnn12. The van der Waals surface area contributed by atoms with Crippen LogP contribution < -0.4 is 21.5 Å². The van der Waals surface area contributed by atoms with E-state index in [4.69, 9.17) is 0 Å². The summed E-state index contributed by atoms with van der Waals surface area (Å²) in [5, 5.41) is 13.3. The third-order valence-corrected chi connectivity index (χ3v) is 4.78. The minimum absolute atomic E-state index is 0.167. The van der Waals surface area contributed by atoms with E-state index in [-0.39, 0.29) is 17.5 Å². The van der Waals surface area contributed by atoms with Gasteiger partial charge >= 0.3 is 0 Å². The van der Waals surface area contributed by atoms with Gasteiger partial charge in [-0.2, -0.15) is 9.61 Å². The van der Waals surface area contributed by atoms with E-state index >= 15 is 0 Å². The van der Waals surface area contributed by atoms with Gasteiger partial charge in [0.05, 0.1) is 6.20 Å².